The van der Waals surface area contributed by atoms with Gasteiger partial charge in [-0.15, -0.1) is 0 Å². The summed E-state index contributed by atoms with van der Waals surface area (Å²) >= 11 is 0. The van der Waals surface area contributed by atoms with E-state index in [9.17, 15) is 10.1 Å². The molecule has 0 heterocycles. The van der Waals surface area contributed by atoms with E-state index >= 15 is 0 Å². The molecule has 0 bridgehead atoms. The van der Waals surface area contributed by atoms with Gasteiger partial charge in [-0.05, 0) is 19.0 Å². The predicted molar refractivity (Wildman–Crippen MR) is 64.7 cm³/mol. The van der Waals surface area contributed by atoms with Crippen molar-refractivity contribution in [3.05, 3.63) is 39.9 Å². The van der Waals surface area contributed by atoms with Crippen LogP contribution in [0.2, 0.25) is 0 Å². The summed E-state index contributed by atoms with van der Waals surface area (Å²) in [6.45, 7) is 5.14. The zero-order chi connectivity index (χ0) is 12.2. The van der Waals surface area contributed by atoms with E-state index < -0.39 is 0 Å². The van der Waals surface area contributed by atoms with Crippen LogP contribution in [-0.2, 0) is 5.41 Å². The summed E-state index contributed by atoms with van der Waals surface area (Å²) in [6.07, 6.45) is 0.992. The number of benzene rings is 1. The zero-order valence-corrected chi connectivity index (χ0v) is 9.99. The van der Waals surface area contributed by atoms with Crippen molar-refractivity contribution in [2.24, 2.45) is 0 Å². The molecule has 1 N–H and O–H groups in total. The molecule has 0 amide bonds. The van der Waals surface area contributed by atoms with Gasteiger partial charge in [0, 0.05) is 24.1 Å². The lowest BCUT2D eigenvalue weighted by Gasteiger charge is -2.28. The first kappa shape index (κ1) is 12.6. The van der Waals surface area contributed by atoms with Crippen molar-refractivity contribution in [1.29, 1.82) is 0 Å². The largest absolute Gasteiger partial charge is 0.319 e. The van der Waals surface area contributed by atoms with Crippen LogP contribution in [0.3, 0.4) is 0 Å². The highest BCUT2D eigenvalue weighted by atomic mass is 16.6. The summed E-state index contributed by atoms with van der Waals surface area (Å²) in [5.74, 6) is 0. The van der Waals surface area contributed by atoms with E-state index in [1.54, 1.807) is 12.1 Å². The van der Waals surface area contributed by atoms with E-state index in [0.717, 1.165) is 18.5 Å². The second-order valence-corrected chi connectivity index (χ2v) is 4.25. The Labute approximate surface area is 95.8 Å². The molecule has 0 saturated carbocycles. The number of rotatable bonds is 5. The fourth-order valence-corrected chi connectivity index (χ4v) is 1.81. The van der Waals surface area contributed by atoms with Crippen molar-refractivity contribution in [3.8, 4) is 0 Å². The number of nitrogens with zero attached hydrogens (tertiary/aromatic N) is 1. The molecule has 0 aliphatic heterocycles. The summed E-state index contributed by atoms with van der Waals surface area (Å²) in [7, 11) is 1.92. The molecule has 0 fully saturated rings. The topological polar surface area (TPSA) is 55.2 Å². The maximum absolute atomic E-state index is 10.6. The Morgan fingerprint density at radius 1 is 1.38 bits per heavy atom. The Hall–Kier alpha value is -1.42. The van der Waals surface area contributed by atoms with E-state index in [-0.39, 0.29) is 16.0 Å². The van der Waals surface area contributed by atoms with E-state index in [1.165, 1.54) is 0 Å². The van der Waals surface area contributed by atoms with Gasteiger partial charge < -0.3 is 5.32 Å². The van der Waals surface area contributed by atoms with Gasteiger partial charge in [0.15, 0.2) is 0 Å². The Bertz CT molecular complexity index is 362. The average Bonchev–Trinajstić information content (AvgIpc) is 2.29. The van der Waals surface area contributed by atoms with Crippen LogP contribution >= 0.6 is 0 Å². The number of nitro groups is 1. The Balaban J connectivity index is 2.99. The SMILES string of the molecule is CCC(C)(CNC)c1ccc([N+](=O)[O-])cc1. The Kier molecular flexibility index (Phi) is 4.01. The molecule has 1 aromatic rings. The van der Waals surface area contributed by atoms with E-state index in [4.69, 9.17) is 0 Å². The van der Waals surface area contributed by atoms with Crippen LogP contribution in [0.25, 0.3) is 0 Å². The lowest BCUT2D eigenvalue weighted by molar-refractivity contribution is -0.384. The molecular formula is C12H18N2O2. The quantitative estimate of drug-likeness (QED) is 0.615. The number of nitro benzene ring substituents is 1. The molecule has 88 valence electrons. The zero-order valence-electron chi connectivity index (χ0n) is 9.99. The van der Waals surface area contributed by atoms with Crippen LogP contribution in [-0.4, -0.2) is 18.5 Å². The standard InChI is InChI=1S/C12H18N2O2/c1-4-12(2,9-13-3)10-5-7-11(8-6-10)14(15)16/h5-8,13H,4,9H2,1-3H3. The maximum atomic E-state index is 10.6. The summed E-state index contributed by atoms with van der Waals surface area (Å²) in [4.78, 5) is 10.2. The number of hydrogen-bond donors (Lipinski definition) is 1. The first-order valence-corrected chi connectivity index (χ1v) is 5.43. The lowest BCUT2D eigenvalue weighted by atomic mass is 9.80. The van der Waals surface area contributed by atoms with Gasteiger partial charge in [0.1, 0.15) is 0 Å². The van der Waals surface area contributed by atoms with Crippen molar-refractivity contribution in [1.82, 2.24) is 5.32 Å². The summed E-state index contributed by atoms with van der Waals surface area (Å²) in [5, 5.41) is 13.7. The molecule has 1 rings (SSSR count). The summed E-state index contributed by atoms with van der Waals surface area (Å²) in [6, 6.07) is 6.83. The molecule has 0 aliphatic rings. The van der Waals surface area contributed by atoms with Crippen LogP contribution < -0.4 is 5.32 Å². The first-order chi connectivity index (χ1) is 7.53. The molecule has 1 atom stereocenters. The van der Waals surface area contributed by atoms with Crippen molar-refractivity contribution >= 4 is 5.69 Å². The molecule has 1 unspecified atom stereocenters. The van der Waals surface area contributed by atoms with Crippen LogP contribution in [0, 0.1) is 10.1 Å². The van der Waals surface area contributed by atoms with Gasteiger partial charge in [-0.2, -0.15) is 0 Å². The highest BCUT2D eigenvalue weighted by Gasteiger charge is 2.24. The highest BCUT2D eigenvalue weighted by molar-refractivity contribution is 5.36. The molecule has 0 radical (unpaired) electrons. The third-order valence-corrected chi connectivity index (χ3v) is 3.12. The molecule has 0 spiro atoms. The van der Waals surface area contributed by atoms with Gasteiger partial charge in [-0.3, -0.25) is 10.1 Å². The highest BCUT2D eigenvalue weighted by Crippen LogP contribution is 2.28. The van der Waals surface area contributed by atoms with Crippen molar-refractivity contribution in [2.75, 3.05) is 13.6 Å². The van der Waals surface area contributed by atoms with Crippen LogP contribution in [0.5, 0.6) is 0 Å². The maximum Gasteiger partial charge on any atom is 0.269 e. The van der Waals surface area contributed by atoms with Crippen molar-refractivity contribution in [3.63, 3.8) is 0 Å². The minimum absolute atomic E-state index is 0.0316. The first-order valence-electron chi connectivity index (χ1n) is 5.43. The third kappa shape index (κ3) is 2.58. The van der Waals surface area contributed by atoms with Crippen LogP contribution in [0.4, 0.5) is 5.69 Å². The number of non-ortho nitro benzene ring substituents is 1. The molecule has 1 aromatic carbocycles. The van der Waals surface area contributed by atoms with Crippen molar-refractivity contribution in [2.45, 2.75) is 25.7 Å². The molecular weight excluding hydrogens is 204 g/mol. The molecule has 16 heavy (non-hydrogen) atoms. The average molecular weight is 222 g/mol. The predicted octanol–water partition coefficient (Wildman–Crippen LogP) is 2.48. The molecule has 0 aliphatic carbocycles. The third-order valence-electron chi connectivity index (χ3n) is 3.12. The van der Waals surface area contributed by atoms with Gasteiger partial charge in [0.05, 0.1) is 4.92 Å². The molecule has 4 nitrogen and oxygen atoms in total. The van der Waals surface area contributed by atoms with Gasteiger partial charge in [0.2, 0.25) is 0 Å². The number of likely N-dealkylation sites (N-methyl/N-ethyl adjacent to an activating group) is 1. The van der Waals surface area contributed by atoms with Crippen LogP contribution in [0.15, 0.2) is 24.3 Å². The molecule has 4 heteroatoms. The normalized spacial score (nSPS) is 14.4. The van der Waals surface area contributed by atoms with E-state index in [2.05, 4.69) is 19.2 Å². The smallest absolute Gasteiger partial charge is 0.269 e. The van der Waals surface area contributed by atoms with Gasteiger partial charge in [-0.25, -0.2) is 0 Å². The monoisotopic (exact) mass is 222 g/mol. The molecule has 0 aromatic heterocycles. The van der Waals surface area contributed by atoms with Gasteiger partial charge in [0.25, 0.3) is 5.69 Å². The lowest BCUT2D eigenvalue weighted by Crippen LogP contribution is -2.33. The van der Waals surface area contributed by atoms with Crippen molar-refractivity contribution < 1.29 is 4.92 Å². The summed E-state index contributed by atoms with van der Waals surface area (Å²) in [5.41, 5.74) is 1.31. The van der Waals surface area contributed by atoms with Gasteiger partial charge in [-0.1, -0.05) is 26.0 Å². The fourth-order valence-electron chi connectivity index (χ4n) is 1.81. The number of hydrogen-bond acceptors (Lipinski definition) is 3. The Morgan fingerprint density at radius 2 is 1.94 bits per heavy atom. The minimum atomic E-state index is -0.370. The van der Waals surface area contributed by atoms with Crippen LogP contribution in [0.1, 0.15) is 25.8 Å². The summed E-state index contributed by atoms with van der Waals surface area (Å²) < 4.78 is 0. The van der Waals surface area contributed by atoms with E-state index in [0.29, 0.717) is 0 Å². The van der Waals surface area contributed by atoms with Gasteiger partial charge >= 0.3 is 0 Å². The Morgan fingerprint density at radius 3 is 2.31 bits per heavy atom. The number of nitrogens with one attached hydrogen (secondary N) is 1. The minimum Gasteiger partial charge on any atom is -0.319 e. The van der Waals surface area contributed by atoms with E-state index in [1.807, 2.05) is 19.2 Å². The molecule has 0 saturated heterocycles. The second-order valence-electron chi connectivity index (χ2n) is 4.25. The fraction of sp³-hybridized carbons (Fsp3) is 0.500. The second kappa shape index (κ2) is 5.07.